The number of hydrogen-bond acceptors (Lipinski definition) is 5. The average Bonchev–Trinajstić information content (AvgIpc) is 3.32. The van der Waals surface area contributed by atoms with Gasteiger partial charge >= 0.3 is 0 Å². The highest BCUT2D eigenvalue weighted by Crippen LogP contribution is 2.27. The summed E-state index contributed by atoms with van der Waals surface area (Å²) in [4.78, 5) is 9.79. The van der Waals surface area contributed by atoms with E-state index in [2.05, 4.69) is 87.7 Å². The minimum Gasteiger partial charge on any atom is -0.368 e. The molecule has 1 aliphatic rings. The molecule has 1 fully saturated rings. The largest absolute Gasteiger partial charge is 0.368 e. The molecule has 5 aromatic rings. The molecule has 0 unspecified atom stereocenters. The van der Waals surface area contributed by atoms with Crippen molar-refractivity contribution in [2.45, 2.75) is 13.3 Å². The molecule has 0 atom stereocenters. The standard InChI is InChI=1S/C26H26N6/c1-19-8-10-23-24(28-19)5-3-6-25(23)31-16-14-30(15-17-31)13-12-20-4-2-7-26-22(20)11-9-21-18-27-29-32(21)26/h2-11,18H,12-17H2,1H3. The van der Waals surface area contributed by atoms with E-state index in [9.17, 15) is 0 Å². The molecule has 0 spiro atoms. The Labute approximate surface area is 187 Å². The van der Waals surface area contributed by atoms with Crippen molar-refractivity contribution in [1.29, 1.82) is 0 Å². The summed E-state index contributed by atoms with van der Waals surface area (Å²) in [6, 6.07) is 21.6. The van der Waals surface area contributed by atoms with E-state index in [0.29, 0.717) is 0 Å². The normalized spacial score (nSPS) is 15.2. The van der Waals surface area contributed by atoms with Crippen LogP contribution in [0.3, 0.4) is 0 Å². The van der Waals surface area contributed by atoms with Gasteiger partial charge in [-0.15, -0.1) is 5.10 Å². The Kier molecular flexibility index (Phi) is 4.72. The summed E-state index contributed by atoms with van der Waals surface area (Å²) < 4.78 is 1.93. The number of piperazine rings is 1. The summed E-state index contributed by atoms with van der Waals surface area (Å²) in [7, 11) is 0. The number of rotatable bonds is 4. The van der Waals surface area contributed by atoms with Gasteiger partial charge in [0.25, 0.3) is 0 Å². The Balaban J connectivity index is 1.15. The number of fused-ring (bicyclic) bond motifs is 4. The lowest BCUT2D eigenvalue weighted by molar-refractivity contribution is 0.261. The van der Waals surface area contributed by atoms with Gasteiger partial charge in [-0.3, -0.25) is 9.88 Å². The summed E-state index contributed by atoms with van der Waals surface area (Å²) in [6.07, 6.45) is 2.84. The van der Waals surface area contributed by atoms with Crippen LogP contribution < -0.4 is 4.90 Å². The fraction of sp³-hybridized carbons (Fsp3) is 0.269. The van der Waals surface area contributed by atoms with Crippen LogP contribution >= 0.6 is 0 Å². The minimum absolute atomic E-state index is 1.03. The number of nitrogens with zero attached hydrogens (tertiary/aromatic N) is 6. The van der Waals surface area contributed by atoms with E-state index in [4.69, 9.17) is 4.98 Å². The van der Waals surface area contributed by atoms with Gasteiger partial charge in [0.1, 0.15) is 0 Å². The zero-order valence-corrected chi connectivity index (χ0v) is 18.3. The van der Waals surface area contributed by atoms with Crippen LogP contribution in [0.4, 0.5) is 5.69 Å². The predicted octanol–water partition coefficient (Wildman–Crippen LogP) is 4.10. The van der Waals surface area contributed by atoms with Gasteiger partial charge in [0.15, 0.2) is 0 Å². The Morgan fingerprint density at radius 2 is 1.69 bits per heavy atom. The van der Waals surface area contributed by atoms with Crippen molar-refractivity contribution in [2.75, 3.05) is 37.6 Å². The molecule has 2 aromatic carbocycles. The van der Waals surface area contributed by atoms with Gasteiger partial charge in [-0.05, 0) is 55.3 Å². The van der Waals surface area contributed by atoms with Crippen molar-refractivity contribution < 1.29 is 0 Å². The number of aromatic nitrogens is 4. The monoisotopic (exact) mass is 422 g/mol. The Bertz CT molecular complexity index is 1410. The van der Waals surface area contributed by atoms with E-state index >= 15 is 0 Å². The van der Waals surface area contributed by atoms with E-state index in [1.165, 1.54) is 22.0 Å². The average molecular weight is 423 g/mol. The SMILES string of the molecule is Cc1ccc2c(N3CCN(CCc4cccc5c4ccc4cnnn45)CC3)cccc2n1. The molecule has 6 rings (SSSR count). The lowest BCUT2D eigenvalue weighted by Gasteiger charge is -2.36. The Morgan fingerprint density at radius 1 is 0.844 bits per heavy atom. The number of anilines is 1. The third kappa shape index (κ3) is 3.37. The molecule has 0 bridgehead atoms. The molecular weight excluding hydrogens is 396 g/mol. The quantitative estimate of drug-likeness (QED) is 0.436. The fourth-order valence-corrected chi connectivity index (χ4v) is 4.91. The van der Waals surface area contributed by atoms with Crippen molar-refractivity contribution in [3.05, 3.63) is 78.1 Å². The zero-order chi connectivity index (χ0) is 21.5. The number of pyridine rings is 2. The summed E-state index contributed by atoms with van der Waals surface area (Å²) in [5.41, 5.74) is 6.99. The molecular formula is C26H26N6. The van der Waals surface area contributed by atoms with E-state index < -0.39 is 0 Å². The second kappa shape index (κ2) is 7.88. The first kappa shape index (κ1) is 19.2. The number of aryl methyl sites for hydroxylation is 1. The topological polar surface area (TPSA) is 49.6 Å². The summed E-state index contributed by atoms with van der Waals surface area (Å²) in [5.74, 6) is 0. The van der Waals surface area contributed by atoms with Crippen molar-refractivity contribution in [3.63, 3.8) is 0 Å². The van der Waals surface area contributed by atoms with Gasteiger partial charge in [-0.25, -0.2) is 4.52 Å². The van der Waals surface area contributed by atoms with Crippen molar-refractivity contribution in [3.8, 4) is 0 Å². The minimum atomic E-state index is 1.03. The Morgan fingerprint density at radius 3 is 2.59 bits per heavy atom. The van der Waals surface area contributed by atoms with Crippen LogP contribution in [0.25, 0.3) is 27.3 Å². The van der Waals surface area contributed by atoms with Crippen molar-refractivity contribution >= 4 is 33.0 Å². The smallest absolute Gasteiger partial charge is 0.0872 e. The highest BCUT2D eigenvalue weighted by Gasteiger charge is 2.19. The van der Waals surface area contributed by atoms with Gasteiger partial charge in [0, 0.05) is 54.9 Å². The molecule has 6 nitrogen and oxygen atoms in total. The molecule has 6 heteroatoms. The van der Waals surface area contributed by atoms with Crippen LogP contribution in [0, 0.1) is 6.92 Å². The van der Waals surface area contributed by atoms with Crippen LogP contribution in [0.5, 0.6) is 0 Å². The summed E-state index contributed by atoms with van der Waals surface area (Å²) >= 11 is 0. The zero-order valence-electron chi connectivity index (χ0n) is 18.3. The highest BCUT2D eigenvalue weighted by molar-refractivity contribution is 5.92. The maximum Gasteiger partial charge on any atom is 0.0872 e. The first-order chi connectivity index (χ1) is 15.8. The first-order valence-electron chi connectivity index (χ1n) is 11.3. The van der Waals surface area contributed by atoms with Crippen LogP contribution in [0.2, 0.25) is 0 Å². The molecule has 160 valence electrons. The first-order valence-corrected chi connectivity index (χ1v) is 11.3. The molecule has 0 radical (unpaired) electrons. The molecule has 3 aromatic heterocycles. The maximum absolute atomic E-state index is 4.70. The molecule has 0 saturated carbocycles. The lowest BCUT2D eigenvalue weighted by Crippen LogP contribution is -2.47. The highest BCUT2D eigenvalue weighted by atomic mass is 15.4. The maximum atomic E-state index is 4.70. The van der Waals surface area contributed by atoms with E-state index in [-0.39, 0.29) is 0 Å². The lowest BCUT2D eigenvalue weighted by atomic mass is 10.0. The Hall–Kier alpha value is -3.51. The molecule has 32 heavy (non-hydrogen) atoms. The molecule has 1 aliphatic heterocycles. The van der Waals surface area contributed by atoms with Crippen LogP contribution in [0.1, 0.15) is 11.3 Å². The van der Waals surface area contributed by atoms with Gasteiger partial charge in [-0.1, -0.05) is 29.5 Å². The molecule has 0 aliphatic carbocycles. The molecule has 0 N–H and O–H groups in total. The number of benzene rings is 2. The molecule has 4 heterocycles. The van der Waals surface area contributed by atoms with E-state index in [1.54, 1.807) is 6.20 Å². The van der Waals surface area contributed by atoms with Crippen LogP contribution in [-0.2, 0) is 6.42 Å². The predicted molar refractivity (Wildman–Crippen MR) is 129 cm³/mol. The van der Waals surface area contributed by atoms with Gasteiger partial charge < -0.3 is 4.90 Å². The molecule has 1 saturated heterocycles. The van der Waals surface area contributed by atoms with E-state index in [1.807, 2.05) is 4.52 Å². The fourth-order valence-electron chi connectivity index (χ4n) is 4.91. The second-order valence-corrected chi connectivity index (χ2v) is 8.63. The van der Waals surface area contributed by atoms with Gasteiger partial charge in [-0.2, -0.15) is 0 Å². The second-order valence-electron chi connectivity index (χ2n) is 8.63. The summed E-state index contributed by atoms with van der Waals surface area (Å²) in [6.45, 7) is 7.36. The third-order valence-electron chi connectivity index (χ3n) is 6.66. The van der Waals surface area contributed by atoms with Crippen molar-refractivity contribution in [2.24, 2.45) is 0 Å². The van der Waals surface area contributed by atoms with Gasteiger partial charge in [0.2, 0.25) is 0 Å². The third-order valence-corrected chi connectivity index (χ3v) is 6.66. The molecule has 0 amide bonds. The van der Waals surface area contributed by atoms with Gasteiger partial charge in [0.05, 0.1) is 22.7 Å². The number of hydrogen-bond donors (Lipinski definition) is 0. The summed E-state index contributed by atoms with van der Waals surface area (Å²) in [5, 5.41) is 10.8. The van der Waals surface area contributed by atoms with Crippen LogP contribution in [0.15, 0.2) is 66.9 Å². The van der Waals surface area contributed by atoms with Crippen molar-refractivity contribution in [1.82, 2.24) is 24.7 Å². The van der Waals surface area contributed by atoms with E-state index in [0.717, 1.165) is 61.4 Å². The van der Waals surface area contributed by atoms with Crippen LogP contribution in [-0.4, -0.2) is 57.4 Å².